The molecule has 5 heteroatoms. The number of hydrogen-bond acceptors (Lipinski definition) is 3. The highest BCUT2D eigenvalue weighted by molar-refractivity contribution is 6.06. The molecule has 0 aliphatic carbocycles. The fourth-order valence-electron chi connectivity index (χ4n) is 2.59. The zero-order chi connectivity index (χ0) is 16.2. The molecule has 0 spiro atoms. The molecule has 5 nitrogen and oxygen atoms in total. The van der Waals surface area contributed by atoms with Crippen molar-refractivity contribution in [3.63, 3.8) is 0 Å². The van der Waals surface area contributed by atoms with Gasteiger partial charge in [-0.15, -0.1) is 0 Å². The topological polar surface area (TPSA) is 66.5 Å². The number of amides is 3. The molecule has 0 unspecified atom stereocenters. The predicted octanol–water partition coefficient (Wildman–Crippen LogP) is 2.44. The van der Waals surface area contributed by atoms with Crippen LogP contribution in [0.4, 0.5) is 5.69 Å². The number of nitrogens with zero attached hydrogens (tertiary/aromatic N) is 1. The van der Waals surface area contributed by atoms with Gasteiger partial charge in [0, 0.05) is 24.1 Å². The monoisotopic (exact) mass is 308 g/mol. The second-order valence-electron chi connectivity index (χ2n) is 5.33. The van der Waals surface area contributed by atoms with Crippen molar-refractivity contribution in [2.45, 2.75) is 12.8 Å². The lowest BCUT2D eigenvalue weighted by atomic mass is 10.0. The number of likely N-dealkylation sites (tertiary alicyclic amines) is 1. The van der Waals surface area contributed by atoms with Crippen LogP contribution in [-0.2, 0) is 14.4 Å². The molecule has 2 aromatic rings. The van der Waals surface area contributed by atoms with Crippen LogP contribution in [-0.4, -0.2) is 29.2 Å². The number of nitrogens with one attached hydrogen (secondary N) is 1. The highest BCUT2D eigenvalue weighted by Gasteiger charge is 2.30. The minimum Gasteiger partial charge on any atom is -0.324 e. The third-order valence-corrected chi connectivity index (χ3v) is 3.74. The SMILES string of the molecule is O=C(CN1C(=O)CCC1=O)Nc1ccccc1-c1ccccc1. The molecule has 0 saturated carbocycles. The lowest BCUT2D eigenvalue weighted by molar-refractivity contribution is -0.141. The Labute approximate surface area is 133 Å². The van der Waals surface area contributed by atoms with Gasteiger partial charge in [0.1, 0.15) is 6.54 Å². The molecule has 1 fully saturated rings. The van der Waals surface area contributed by atoms with E-state index in [0.29, 0.717) is 5.69 Å². The summed E-state index contributed by atoms with van der Waals surface area (Å²) in [5.74, 6) is -0.958. The minimum absolute atomic E-state index is 0.187. The molecule has 1 aliphatic heterocycles. The third-order valence-electron chi connectivity index (χ3n) is 3.74. The highest BCUT2D eigenvalue weighted by Crippen LogP contribution is 2.27. The first-order valence-electron chi connectivity index (χ1n) is 7.42. The number of rotatable bonds is 4. The number of imide groups is 1. The number of anilines is 1. The van der Waals surface area contributed by atoms with E-state index in [-0.39, 0.29) is 37.1 Å². The van der Waals surface area contributed by atoms with Gasteiger partial charge < -0.3 is 5.32 Å². The number of benzene rings is 2. The summed E-state index contributed by atoms with van der Waals surface area (Å²) < 4.78 is 0. The molecule has 0 radical (unpaired) electrons. The van der Waals surface area contributed by atoms with Gasteiger partial charge >= 0.3 is 0 Å². The lowest BCUT2D eigenvalue weighted by Crippen LogP contribution is -2.36. The zero-order valence-electron chi connectivity index (χ0n) is 12.5. The first-order valence-corrected chi connectivity index (χ1v) is 7.42. The molecule has 0 atom stereocenters. The van der Waals surface area contributed by atoms with Gasteiger partial charge in [-0.1, -0.05) is 48.5 Å². The predicted molar refractivity (Wildman–Crippen MR) is 86.5 cm³/mol. The summed E-state index contributed by atoms with van der Waals surface area (Å²) in [5.41, 5.74) is 2.53. The van der Waals surface area contributed by atoms with E-state index in [1.165, 1.54) is 0 Å². The number of carbonyl (C=O) groups is 3. The van der Waals surface area contributed by atoms with Crippen molar-refractivity contribution in [3.05, 3.63) is 54.6 Å². The van der Waals surface area contributed by atoms with E-state index < -0.39 is 0 Å². The van der Waals surface area contributed by atoms with E-state index in [0.717, 1.165) is 16.0 Å². The van der Waals surface area contributed by atoms with Crippen LogP contribution in [0.15, 0.2) is 54.6 Å². The number of para-hydroxylation sites is 1. The summed E-state index contributed by atoms with van der Waals surface area (Å²) >= 11 is 0. The Kier molecular flexibility index (Phi) is 4.19. The minimum atomic E-state index is -0.378. The van der Waals surface area contributed by atoms with E-state index in [1.807, 2.05) is 48.5 Å². The van der Waals surface area contributed by atoms with E-state index in [1.54, 1.807) is 6.07 Å². The van der Waals surface area contributed by atoms with Crippen molar-refractivity contribution in [1.82, 2.24) is 4.90 Å². The van der Waals surface area contributed by atoms with Crippen LogP contribution in [0.25, 0.3) is 11.1 Å². The first-order chi connectivity index (χ1) is 11.1. The van der Waals surface area contributed by atoms with E-state index in [4.69, 9.17) is 0 Å². The van der Waals surface area contributed by atoms with Gasteiger partial charge in [-0.25, -0.2) is 0 Å². The standard InChI is InChI=1S/C18H16N2O3/c21-16(12-20-17(22)10-11-18(20)23)19-15-9-5-4-8-14(15)13-6-2-1-3-7-13/h1-9H,10-12H2,(H,19,21). The largest absolute Gasteiger partial charge is 0.324 e. The molecular formula is C18H16N2O3. The van der Waals surface area contributed by atoms with Gasteiger partial charge in [0.15, 0.2) is 0 Å². The molecule has 3 amide bonds. The fraction of sp³-hybridized carbons (Fsp3) is 0.167. The average molecular weight is 308 g/mol. The first kappa shape index (κ1) is 15.0. The molecule has 23 heavy (non-hydrogen) atoms. The van der Waals surface area contributed by atoms with Crippen LogP contribution in [0, 0.1) is 0 Å². The van der Waals surface area contributed by atoms with Crippen LogP contribution >= 0.6 is 0 Å². The zero-order valence-corrected chi connectivity index (χ0v) is 12.5. The van der Waals surface area contributed by atoms with Gasteiger partial charge in [0.25, 0.3) is 0 Å². The van der Waals surface area contributed by atoms with Gasteiger partial charge in [-0.05, 0) is 11.6 Å². The third kappa shape index (κ3) is 3.29. The number of carbonyl (C=O) groups excluding carboxylic acids is 3. The Morgan fingerprint density at radius 2 is 1.52 bits per heavy atom. The van der Waals surface area contributed by atoms with Crippen molar-refractivity contribution < 1.29 is 14.4 Å². The Morgan fingerprint density at radius 3 is 2.22 bits per heavy atom. The van der Waals surface area contributed by atoms with Gasteiger partial charge in [0.2, 0.25) is 17.7 Å². The maximum atomic E-state index is 12.2. The van der Waals surface area contributed by atoms with Crippen molar-refractivity contribution >= 4 is 23.4 Å². The van der Waals surface area contributed by atoms with Crippen LogP contribution in [0.1, 0.15) is 12.8 Å². The normalized spacial score (nSPS) is 14.2. The Balaban J connectivity index is 1.77. The molecule has 1 heterocycles. The Bertz CT molecular complexity index is 740. The van der Waals surface area contributed by atoms with Crippen LogP contribution in [0.3, 0.4) is 0 Å². The van der Waals surface area contributed by atoms with Crippen molar-refractivity contribution in [3.8, 4) is 11.1 Å². The summed E-state index contributed by atoms with van der Waals surface area (Å²) in [6.45, 7) is -0.235. The molecule has 2 aromatic carbocycles. The van der Waals surface area contributed by atoms with Gasteiger partial charge in [0.05, 0.1) is 0 Å². The molecule has 1 saturated heterocycles. The van der Waals surface area contributed by atoms with Crippen molar-refractivity contribution in [1.29, 1.82) is 0 Å². The highest BCUT2D eigenvalue weighted by atomic mass is 16.2. The second kappa shape index (κ2) is 6.44. The van der Waals surface area contributed by atoms with E-state index >= 15 is 0 Å². The molecule has 1 aliphatic rings. The molecular weight excluding hydrogens is 292 g/mol. The second-order valence-corrected chi connectivity index (χ2v) is 5.33. The van der Waals surface area contributed by atoms with Crippen LogP contribution in [0.5, 0.6) is 0 Å². The summed E-state index contributed by atoms with van der Waals surface area (Å²) in [7, 11) is 0. The van der Waals surface area contributed by atoms with Gasteiger partial charge in [-0.2, -0.15) is 0 Å². The van der Waals surface area contributed by atoms with Crippen LogP contribution in [0.2, 0.25) is 0 Å². The van der Waals surface area contributed by atoms with Crippen molar-refractivity contribution in [2.24, 2.45) is 0 Å². The summed E-state index contributed by atoms with van der Waals surface area (Å²) in [6, 6.07) is 17.1. The number of hydrogen-bond donors (Lipinski definition) is 1. The van der Waals surface area contributed by atoms with Crippen LogP contribution < -0.4 is 5.32 Å². The average Bonchev–Trinajstić information content (AvgIpc) is 2.88. The molecule has 3 rings (SSSR count). The maximum absolute atomic E-state index is 12.2. The maximum Gasteiger partial charge on any atom is 0.244 e. The van der Waals surface area contributed by atoms with Gasteiger partial charge in [-0.3, -0.25) is 19.3 Å². The molecule has 0 bridgehead atoms. The van der Waals surface area contributed by atoms with Crippen molar-refractivity contribution in [2.75, 3.05) is 11.9 Å². The summed E-state index contributed by atoms with van der Waals surface area (Å²) in [5, 5.41) is 2.79. The van der Waals surface area contributed by atoms with E-state index in [9.17, 15) is 14.4 Å². The summed E-state index contributed by atoms with van der Waals surface area (Å²) in [6.07, 6.45) is 0.374. The molecule has 116 valence electrons. The Morgan fingerprint density at radius 1 is 0.913 bits per heavy atom. The Hall–Kier alpha value is -2.95. The summed E-state index contributed by atoms with van der Waals surface area (Å²) in [4.78, 5) is 36.4. The quantitative estimate of drug-likeness (QED) is 0.882. The van der Waals surface area contributed by atoms with E-state index in [2.05, 4.69) is 5.32 Å². The molecule has 1 N–H and O–H groups in total. The lowest BCUT2D eigenvalue weighted by Gasteiger charge is -2.15. The smallest absolute Gasteiger partial charge is 0.244 e. The fourth-order valence-corrected chi connectivity index (χ4v) is 2.59. The molecule has 0 aromatic heterocycles.